The van der Waals surface area contributed by atoms with Crippen LogP contribution >= 0.6 is 0 Å². The van der Waals surface area contributed by atoms with Crippen LogP contribution in [0.4, 0.5) is 0 Å². The van der Waals surface area contributed by atoms with Gasteiger partial charge in [-0.15, -0.1) is 0 Å². The van der Waals surface area contributed by atoms with Gasteiger partial charge in [0, 0.05) is 0 Å². The van der Waals surface area contributed by atoms with Crippen LogP contribution in [0.25, 0.3) is 0 Å². The third-order valence-electron chi connectivity index (χ3n) is 9.91. The smallest absolute Gasteiger partial charge is 0.361 e. The van der Waals surface area contributed by atoms with Crippen molar-refractivity contribution in [1.29, 1.82) is 0 Å². The number of quaternary nitrogens is 2. The molecule has 0 saturated carbocycles. The van der Waals surface area contributed by atoms with Crippen molar-refractivity contribution in [2.45, 2.75) is 194 Å². The minimum atomic E-state index is -0.0622. The summed E-state index contributed by atoms with van der Waals surface area (Å²) in [6.07, 6.45) is 36.1. The van der Waals surface area contributed by atoms with E-state index in [1.807, 2.05) is 0 Å². The monoisotopic (exact) mass is 753 g/mol. The van der Waals surface area contributed by atoms with Crippen LogP contribution in [0.3, 0.4) is 0 Å². The molecule has 8 heteroatoms. The van der Waals surface area contributed by atoms with Crippen LogP contribution in [0.5, 0.6) is 0 Å². The van der Waals surface area contributed by atoms with Gasteiger partial charge >= 0.3 is 11.9 Å². The third kappa shape index (κ3) is 40.2. The molecule has 0 rings (SSSR count). The largest absolute Gasteiger partial charge is 1.00 e. The fourth-order valence-corrected chi connectivity index (χ4v) is 6.64. The number of carbonyl (C=O) groups is 2. The first-order valence-electron chi connectivity index (χ1n) is 21.1. The Morgan fingerprint density at radius 3 is 0.840 bits per heavy atom. The van der Waals surface area contributed by atoms with Crippen LogP contribution in [-0.2, 0) is 19.1 Å². The van der Waals surface area contributed by atoms with E-state index in [0.717, 1.165) is 64.5 Å². The zero-order valence-electron chi connectivity index (χ0n) is 34.3. The zero-order valence-corrected chi connectivity index (χ0v) is 35.8. The molecular formula is C42H86Cl2N2O4. The SMILES string of the molecule is CCCCCCCCCCCCCCOC(=O)C[N+](C)(C)CCCCCC[N+](C)(C)CC(=O)OCCCCCCCCCCCCCC.[Cl-].[Cl-]. The second kappa shape index (κ2) is 38.2. The number of ether oxygens (including phenoxy) is 2. The van der Waals surface area contributed by atoms with Gasteiger partial charge in [0.05, 0.1) is 54.5 Å². The molecule has 0 unspecified atom stereocenters. The van der Waals surface area contributed by atoms with E-state index in [0.29, 0.717) is 35.3 Å². The van der Waals surface area contributed by atoms with E-state index in [9.17, 15) is 9.59 Å². The van der Waals surface area contributed by atoms with E-state index in [1.54, 1.807) is 0 Å². The van der Waals surface area contributed by atoms with E-state index < -0.39 is 0 Å². The Balaban J connectivity index is -0.0000110. The fraction of sp³-hybridized carbons (Fsp3) is 0.952. The average Bonchev–Trinajstić information content (AvgIpc) is 3.02. The highest BCUT2D eigenvalue weighted by atomic mass is 35.5. The molecule has 0 bridgehead atoms. The summed E-state index contributed by atoms with van der Waals surface area (Å²) in [7, 11) is 8.53. The highest BCUT2D eigenvalue weighted by Crippen LogP contribution is 2.14. The van der Waals surface area contributed by atoms with Gasteiger partial charge in [-0.2, -0.15) is 0 Å². The molecule has 0 N–H and O–H groups in total. The van der Waals surface area contributed by atoms with Crippen LogP contribution < -0.4 is 24.8 Å². The molecular weight excluding hydrogens is 667 g/mol. The van der Waals surface area contributed by atoms with E-state index in [-0.39, 0.29) is 36.8 Å². The Morgan fingerprint density at radius 1 is 0.360 bits per heavy atom. The number of unbranched alkanes of at least 4 members (excludes halogenated alkanes) is 25. The molecule has 0 aromatic heterocycles. The first-order valence-corrected chi connectivity index (χ1v) is 21.1. The van der Waals surface area contributed by atoms with Crippen LogP contribution in [0.15, 0.2) is 0 Å². The zero-order chi connectivity index (χ0) is 35.6. The molecule has 302 valence electrons. The highest BCUT2D eigenvalue weighted by molar-refractivity contribution is 5.70. The summed E-state index contributed by atoms with van der Waals surface area (Å²) in [5.41, 5.74) is 0. The van der Waals surface area contributed by atoms with Gasteiger partial charge < -0.3 is 43.3 Å². The molecule has 0 amide bonds. The molecule has 0 heterocycles. The number of carbonyl (C=O) groups excluding carboxylic acids is 2. The number of esters is 2. The van der Waals surface area contributed by atoms with Crippen molar-refractivity contribution in [2.24, 2.45) is 0 Å². The molecule has 50 heavy (non-hydrogen) atoms. The Bertz CT molecular complexity index is 677. The van der Waals surface area contributed by atoms with Gasteiger partial charge in [0.1, 0.15) is 0 Å². The predicted octanol–water partition coefficient (Wildman–Crippen LogP) is 5.20. The lowest BCUT2D eigenvalue weighted by Gasteiger charge is -2.29. The summed E-state index contributed by atoms with van der Waals surface area (Å²) in [6, 6.07) is 0. The van der Waals surface area contributed by atoms with Crippen molar-refractivity contribution in [3.05, 3.63) is 0 Å². The van der Waals surface area contributed by atoms with Crippen molar-refractivity contribution in [3.63, 3.8) is 0 Å². The van der Waals surface area contributed by atoms with Crippen LogP contribution in [0.1, 0.15) is 194 Å². The molecule has 0 aromatic rings. The predicted molar refractivity (Wildman–Crippen MR) is 206 cm³/mol. The maximum absolute atomic E-state index is 12.4. The minimum absolute atomic E-state index is 0. The minimum Gasteiger partial charge on any atom is -1.00 e. The molecule has 0 aliphatic carbocycles. The maximum atomic E-state index is 12.4. The van der Waals surface area contributed by atoms with Crippen molar-refractivity contribution in [1.82, 2.24) is 0 Å². The molecule has 0 fully saturated rings. The topological polar surface area (TPSA) is 52.6 Å². The van der Waals surface area contributed by atoms with Crippen molar-refractivity contribution in [3.8, 4) is 0 Å². The summed E-state index contributed by atoms with van der Waals surface area (Å²) in [5, 5.41) is 0. The highest BCUT2D eigenvalue weighted by Gasteiger charge is 2.22. The number of likely N-dealkylation sites (N-methyl/N-ethyl adjacent to an activating group) is 2. The molecule has 0 radical (unpaired) electrons. The standard InChI is InChI=1S/C42H86N2O4.2ClH/c1-7-9-11-13-15-17-19-21-23-25-29-33-37-47-41(45)39-43(3,4)35-31-27-28-32-36-44(5,6)40-42(46)48-38-34-30-26-24-22-20-18-16-14-12-10-8-2;;/h7-40H2,1-6H3;2*1H/q+2;;/p-2. The fourth-order valence-electron chi connectivity index (χ4n) is 6.64. The van der Waals surface area contributed by atoms with E-state index >= 15 is 0 Å². The second-order valence-corrected chi connectivity index (χ2v) is 16.3. The molecule has 0 saturated heterocycles. The number of rotatable bonds is 37. The van der Waals surface area contributed by atoms with E-state index in [1.165, 1.54) is 128 Å². The number of hydrogen-bond acceptors (Lipinski definition) is 4. The quantitative estimate of drug-likeness (QED) is 0.0498. The molecule has 6 nitrogen and oxygen atoms in total. The van der Waals surface area contributed by atoms with Crippen LogP contribution in [0, 0.1) is 0 Å². The summed E-state index contributed by atoms with van der Waals surface area (Å²) >= 11 is 0. The van der Waals surface area contributed by atoms with Gasteiger partial charge in [-0.25, -0.2) is 9.59 Å². The first kappa shape index (κ1) is 53.8. The molecule has 0 aliphatic heterocycles. The Kier molecular flexibility index (Phi) is 41.1. The summed E-state index contributed by atoms with van der Waals surface area (Å²) in [4.78, 5) is 24.8. The summed E-state index contributed by atoms with van der Waals surface area (Å²) in [5.74, 6) is -0.124. The number of nitrogens with zero attached hydrogens (tertiary/aromatic N) is 2. The van der Waals surface area contributed by atoms with Crippen molar-refractivity contribution < 1.29 is 52.8 Å². The molecule has 0 aromatic carbocycles. The molecule has 0 spiro atoms. The van der Waals surface area contributed by atoms with Gasteiger partial charge in [0.25, 0.3) is 0 Å². The lowest BCUT2D eigenvalue weighted by Crippen LogP contribution is -3.00. The van der Waals surface area contributed by atoms with Gasteiger partial charge in [-0.05, 0) is 38.5 Å². The summed E-state index contributed by atoms with van der Waals surface area (Å²) < 4.78 is 12.5. The Labute approximate surface area is 324 Å². The third-order valence-corrected chi connectivity index (χ3v) is 9.91. The normalized spacial score (nSPS) is 11.6. The van der Waals surface area contributed by atoms with Crippen molar-refractivity contribution in [2.75, 3.05) is 67.6 Å². The lowest BCUT2D eigenvalue weighted by atomic mass is 10.1. The number of hydrogen-bond donors (Lipinski definition) is 0. The van der Waals surface area contributed by atoms with Gasteiger partial charge in [-0.3, -0.25) is 0 Å². The number of halogens is 2. The van der Waals surface area contributed by atoms with Crippen LogP contribution in [0.2, 0.25) is 0 Å². The Morgan fingerprint density at radius 2 is 0.580 bits per heavy atom. The average molecular weight is 754 g/mol. The first-order chi connectivity index (χ1) is 23.1. The second-order valence-electron chi connectivity index (χ2n) is 16.3. The Hall–Kier alpha value is -0.560. The van der Waals surface area contributed by atoms with Gasteiger partial charge in [0.2, 0.25) is 0 Å². The molecule has 0 aliphatic rings. The van der Waals surface area contributed by atoms with Gasteiger partial charge in [-0.1, -0.05) is 155 Å². The van der Waals surface area contributed by atoms with Crippen LogP contribution in [-0.4, -0.2) is 88.5 Å². The summed E-state index contributed by atoms with van der Waals surface area (Å²) in [6.45, 7) is 8.55. The van der Waals surface area contributed by atoms with Gasteiger partial charge in [0.15, 0.2) is 13.1 Å². The van der Waals surface area contributed by atoms with Crippen molar-refractivity contribution >= 4 is 11.9 Å². The lowest BCUT2D eigenvalue weighted by molar-refractivity contribution is -0.884. The molecule has 0 atom stereocenters. The maximum Gasteiger partial charge on any atom is 0.361 e. The van der Waals surface area contributed by atoms with E-state index in [2.05, 4.69) is 42.0 Å². The van der Waals surface area contributed by atoms with E-state index in [4.69, 9.17) is 9.47 Å².